The Labute approximate surface area is 103 Å². The molecule has 1 aromatic carbocycles. The first-order valence-corrected chi connectivity index (χ1v) is 6.29. The fraction of sp³-hybridized carbons (Fsp3) is 0.500. The van der Waals surface area contributed by atoms with Crippen LogP contribution in [0, 0.1) is 5.92 Å². The van der Waals surface area contributed by atoms with E-state index in [0.717, 1.165) is 19.5 Å². The van der Waals surface area contributed by atoms with Gasteiger partial charge in [-0.25, -0.2) is 0 Å². The summed E-state index contributed by atoms with van der Waals surface area (Å²) < 4.78 is 0. The summed E-state index contributed by atoms with van der Waals surface area (Å²) in [6.45, 7) is 4.30. The Bertz CT molecular complexity index is 403. The van der Waals surface area contributed by atoms with Gasteiger partial charge in [0.2, 0.25) is 5.91 Å². The van der Waals surface area contributed by atoms with E-state index in [9.17, 15) is 4.79 Å². The van der Waals surface area contributed by atoms with E-state index in [1.165, 1.54) is 11.1 Å². The normalized spacial score (nSPS) is 20.0. The Kier molecular flexibility index (Phi) is 3.79. The second-order valence-electron chi connectivity index (χ2n) is 4.70. The zero-order chi connectivity index (χ0) is 12.3. The van der Waals surface area contributed by atoms with Crippen molar-refractivity contribution in [2.75, 3.05) is 13.1 Å². The van der Waals surface area contributed by atoms with Crippen molar-refractivity contribution in [1.82, 2.24) is 4.90 Å². The first-order chi connectivity index (χ1) is 8.24. The van der Waals surface area contributed by atoms with Crippen LogP contribution in [-0.2, 0) is 17.8 Å². The van der Waals surface area contributed by atoms with Crippen LogP contribution < -0.4 is 5.73 Å². The first kappa shape index (κ1) is 12.1. The van der Waals surface area contributed by atoms with Crippen molar-refractivity contribution in [3.05, 3.63) is 35.4 Å². The van der Waals surface area contributed by atoms with Crippen molar-refractivity contribution >= 4 is 5.91 Å². The van der Waals surface area contributed by atoms with Crippen LogP contribution in [0.15, 0.2) is 24.3 Å². The van der Waals surface area contributed by atoms with Crippen molar-refractivity contribution in [3.63, 3.8) is 0 Å². The number of benzene rings is 1. The molecule has 1 aliphatic heterocycles. The third kappa shape index (κ3) is 2.67. The molecule has 1 amide bonds. The topological polar surface area (TPSA) is 46.3 Å². The zero-order valence-electron chi connectivity index (χ0n) is 10.4. The van der Waals surface area contributed by atoms with Gasteiger partial charge < -0.3 is 10.6 Å². The van der Waals surface area contributed by atoms with Gasteiger partial charge in [0, 0.05) is 19.5 Å². The maximum Gasteiger partial charge on any atom is 0.223 e. The fourth-order valence-corrected chi connectivity index (χ4v) is 2.43. The van der Waals surface area contributed by atoms with Crippen molar-refractivity contribution < 1.29 is 4.79 Å². The van der Waals surface area contributed by atoms with Gasteiger partial charge in [-0.3, -0.25) is 4.79 Å². The minimum absolute atomic E-state index is 0.242. The number of carbonyl (C=O) groups excluding carboxylic acids is 1. The monoisotopic (exact) mass is 232 g/mol. The number of aryl methyl sites for hydroxylation is 1. The molecule has 92 valence electrons. The molecule has 0 radical (unpaired) electrons. The Morgan fingerprint density at radius 1 is 1.35 bits per heavy atom. The van der Waals surface area contributed by atoms with Gasteiger partial charge in [0.1, 0.15) is 0 Å². The molecule has 1 heterocycles. The zero-order valence-corrected chi connectivity index (χ0v) is 10.4. The van der Waals surface area contributed by atoms with Crippen LogP contribution >= 0.6 is 0 Å². The molecule has 1 atom stereocenters. The second-order valence-corrected chi connectivity index (χ2v) is 4.70. The van der Waals surface area contributed by atoms with Crippen LogP contribution in [-0.4, -0.2) is 23.9 Å². The number of hydrogen-bond acceptors (Lipinski definition) is 2. The molecule has 1 unspecified atom stereocenters. The van der Waals surface area contributed by atoms with Crippen LogP contribution in [0.4, 0.5) is 0 Å². The van der Waals surface area contributed by atoms with Gasteiger partial charge in [0.25, 0.3) is 0 Å². The molecule has 1 saturated heterocycles. The van der Waals surface area contributed by atoms with Gasteiger partial charge >= 0.3 is 0 Å². The lowest BCUT2D eigenvalue weighted by molar-refractivity contribution is -0.128. The van der Waals surface area contributed by atoms with Crippen LogP contribution in [0.5, 0.6) is 0 Å². The summed E-state index contributed by atoms with van der Waals surface area (Å²) in [7, 11) is 0. The number of nitrogens with zero attached hydrogens (tertiary/aromatic N) is 1. The molecule has 0 bridgehead atoms. The predicted molar refractivity (Wildman–Crippen MR) is 68.4 cm³/mol. The number of nitrogens with two attached hydrogens (primary N) is 1. The average molecular weight is 232 g/mol. The van der Waals surface area contributed by atoms with Gasteiger partial charge in [-0.2, -0.15) is 0 Å². The molecular weight excluding hydrogens is 212 g/mol. The lowest BCUT2D eigenvalue weighted by Crippen LogP contribution is -2.26. The second kappa shape index (κ2) is 5.32. The van der Waals surface area contributed by atoms with Gasteiger partial charge in [0.05, 0.1) is 0 Å². The summed E-state index contributed by atoms with van der Waals surface area (Å²) in [5.74, 6) is 0.586. The molecule has 1 aromatic rings. The molecule has 0 saturated carbocycles. The van der Waals surface area contributed by atoms with Crippen LogP contribution in [0.2, 0.25) is 0 Å². The van der Waals surface area contributed by atoms with Gasteiger partial charge in [-0.05, 0) is 30.0 Å². The van der Waals surface area contributed by atoms with E-state index in [0.29, 0.717) is 18.9 Å². The summed E-state index contributed by atoms with van der Waals surface area (Å²) in [6, 6.07) is 8.34. The largest absolute Gasteiger partial charge is 0.338 e. The average Bonchev–Trinajstić information content (AvgIpc) is 2.71. The van der Waals surface area contributed by atoms with E-state index in [1.54, 1.807) is 0 Å². The molecule has 1 fully saturated rings. The van der Waals surface area contributed by atoms with Crippen molar-refractivity contribution in [1.29, 1.82) is 0 Å². The lowest BCUT2D eigenvalue weighted by Gasteiger charge is -2.18. The third-order valence-corrected chi connectivity index (χ3v) is 3.49. The van der Waals surface area contributed by atoms with Crippen molar-refractivity contribution in [2.24, 2.45) is 11.7 Å². The molecule has 3 heteroatoms. The molecule has 3 nitrogen and oxygen atoms in total. The molecular formula is C14H20N2O. The highest BCUT2D eigenvalue weighted by Crippen LogP contribution is 2.20. The van der Waals surface area contributed by atoms with Gasteiger partial charge in [0.15, 0.2) is 0 Å². The summed E-state index contributed by atoms with van der Waals surface area (Å²) in [4.78, 5) is 13.8. The Morgan fingerprint density at radius 3 is 2.65 bits per heavy atom. The molecule has 0 spiro atoms. The van der Waals surface area contributed by atoms with Crippen molar-refractivity contribution in [2.45, 2.75) is 26.3 Å². The highest BCUT2D eigenvalue weighted by molar-refractivity contribution is 5.78. The maximum absolute atomic E-state index is 11.8. The van der Waals surface area contributed by atoms with Gasteiger partial charge in [-0.15, -0.1) is 0 Å². The van der Waals surface area contributed by atoms with Crippen molar-refractivity contribution in [3.8, 4) is 0 Å². The number of carbonyl (C=O) groups is 1. The molecule has 0 aromatic heterocycles. The summed E-state index contributed by atoms with van der Waals surface area (Å²) in [6.07, 6.45) is 1.63. The maximum atomic E-state index is 11.8. The molecule has 1 aliphatic rings. The molecule has 2 N–H and O–H groups in total. The lowest BCUT2D eigenvalue weighted by atomic mass is 10.1. The number of likely N-dealkylation sites (tertiary alicyclic amines) is 1. The quantitative estimate of drug-likeness (QED) is 0.856. The van der Waals surface area contributed by atoms with Gasteiger partial charge in [-0.1, -0.05) is 31.2 Å². The molecule has 0 aliphatic carbocycles. The summed E-state index contributed by atoms with van der Waals surface area (Å²) in [5.41, 5.74) is 8.22. The standard InChI is InChI=1S/C14H20N2O/c1-2-12-5-3-4-6-13(12)10-16-9-11(8-15)7-14(16)17/h3-6,11H,2,7-10,15H2,1H3. The third-order valence-electron chi connectivity index (χ3n) is 3.49. The minimum Gasteiger partial charge on any atom is -0.338 e. The van der Waals surface area contributed by atoms with E-state index < -0.39 is 0 Å². The van der Waals surface area contributed by atoms with E-state index in [2.05, 4.69) is 25.1 Å². The highest BCUT2D eigenvalue weighted by Gasteiger charge is 2.28. The predicted octanol–water partition coefficient (Wildman–Crippen LogP) is 1.56. The smallest absolute Gasteiger partial charge is 0.223 e. The summed E-state index contributed by atoms with van der Waals surface area (Å²) >= 11 is 0. The Hall–Kier alpha value is -1.35. The Balaban J connectivity index is 2.08. The highest BCUT2D eigenvalue weighted by atomic mass is 16.2. The number of amides is 1. The van der Waals surface area contributed by atoms with Crippen LogP contribution in [0.1, 0.15) is 24.5 Å². The number of hydrogen-bond donors (Lipinski definition) is 1. The first-order valence-electron chi connectivity index (χ1n) is 6.29. The fourth-order valence-electron chi connectivity index (χ4n) is 2.43. The van der Waals surface area contributed by atoms with E-state index >= 15 is 0 Å². The summed E-state index contributed by atoms with van der Waals surface area (Å²) in [5, 5.41) is 0. The minimum atomic E-state index is 0.242. The number of rotatable bonds is 4. The van der Waals surface area contributed by atoms with E-state index in [-0.39, 0.29) is 5.91 Å². The SMILES string of the molecule is CCc1ccccc1CN1CC(CN)CC1=O. The van der Waals surface area contributed by atoms with E-state index in [1.807, 2.05) is 11.0 Å². The molecule has 17 heavy (non-hydrogen) atoms. The van der Waals surface area contributed by atoms with E-state index in [4.69, 9.17) is 5.73 Å². The van der Waals surface area contributed by atoms with Crippen LogP contribution in [0.3, 0.4) is 0 Å². The Morgan fingerprint density at radius 2 is 2.06 bits per heavy atom. The molecule has 2 rings (SSSR count). The van der Waals surface area contributed by atoms with Crippen LogP contribution in [0.25, 0.3) is 0 Å².